The molecule has 2 fully saturated rings. The Balaban J connectivity index is 1.42. The molecule has 2 aliphatic heterocycles. The Morgan fingerprint density at radius 3 is 2.92 bits per heavy atom. The zero-order valence-electron chi connectivity index (χ0n) is 14.0. The summed E-state index contributed by atoms with van der Waals surface area (Å²) in [5.74, 6) is 0.801. The molecule has 4 heterocycles. The van der Waals surface area contributed by atoms with Crippen molar-refractivity contribution in [2.45, 2.75) is 31.0 Å². The number of likely N-dealkylation sites (tertiary alicyclic amines) is 1. The minimum absolute atomic E-state index is 0.000164. The topological polar surface area (TPSA) is 64.6 Å². The van der Waals surface area contributed by atoms with Gasteiger partial charge in [-0.2, -0.15) is 0 Å². The lowest BCUT2D eigenvalue weighted by molar-refractivity contribution is -0.0453. The largest absolute Gasteiger partial charge is 0.486 e. The number of piperidine rings is 1. The monoisotopic (exact) mass is 339 g/mol. The van der Waals surface area contributed by atoms with Crippen LogP contribution in [0.15, 0.2) is 49.1 Å². The number of rotatable bonds is 3. The van der Waals surface area contributed by atoms with E-state index in [9.17, 15) is 4.79 Å². The Kier molecular flexibility index (Phi) is 4.36. The standard InChI is InChI=1S/C19H21N3O3/c23-18(15-4-8-20-9-5-15)22-10-2-6-19(14-22)11-17(13-24-19)25-16-3-1-7-21-12-16/h1,3-5,7-9,12,17H,2,6,10-11,13-14H2/t17-,19+/m1/s1. The van der Waals surface area contributed by atoms with E-state index in [4.69, 9.17) is 9.47 Å². The van der Waals surface area contributed by atoms with E-state index in [0.29, 0.717) is 18.7 Å². The van der Waals surface area contributed by atoms with Crippen molar-refractivity contribution in [3.05, 3.63) is 54.6 Å². The highest BCUT2D eigenvalue weighted by Gasteiger charge is 2.45. The van der Waals surface area contributed by atoms with Crippen molar-refractivity contribution in [2.75, 3.05) is 19.7 Å². The van der Waals surface area contributed by atoms with Gasteiger partial charge in [0.15, 0.2) is 0 Å². The molecule has 0 radical (unpaired) electrons. The van der Waals surface area contributed by atoms with E-state index in [1.54, 1.807) is 36.9 Å². The normalized spacial score (nSPS) is 25.9. The Hall–Kier alpha value is -2.47. The van der Waals surface area contributed by atoms with E-state index < -0.39 is 0 Å². The van der Waals surface area contributed by atoms with E-state index >= 15 is 0 Å². The predicted molar refractivity (Wildman–Crippen MR) is 91.3 cm³/mol. The molecule has 2 aliphatic rings. The number of carbonyl (C=O) groups excluding carboxylic acids is 1. The second-order valence-electron chi connectivity index (χ2n) is 6.69. The number of amides is 1. The highest BCUT2D eigenvalue weighted by atomic mass is 16.6. The van der Waals surface area contributed by atoms with E-state index in [-0.39, 0.29) is 17.6 Å². The summed E-state index contributed by atoms with van der Waals surface area (Å²) in [6, 6.07) is 7.27. The van der Waals surface area contributed by atoms with Crippen molar-refractivity contribution in [3.8, 4) is 5.75 Å². The Morgan fingerprint density at radius 2 is 2.12 bits per heavy atom. The van der Waals surface area contributed by atoms with Crippen LogP contribution in [0, 0.1) is 0 Å². The summed E-state index contributed by atoms with van der Waals surface area (Å²) in [5.41, 5.74) is 0.376. The molecule has 6 heteroatoms. The van der Waals surface area contributed by atoms with Gasteiger partial charge in [0.25, 0.3) is 5.91 Å². The molecular weight excluding hydrogens is 318 g/mol. The van der Waals surface area contributed by atoms with Gasteiger partial charge in [-0.25, -0.2) is 0 Å². The third-order valence-corrected chi connectivity index (χ3v) is 4.87. The van der Waals surface area contributed by atoms with Crippen LogP contribution in [0.1, 0.15) is 29.6 Å². The van der Waals surface area contributed by atoms with Crippen LogP contribution < -0.4 is 4.74 Å². The zero-order chi connectivity index (χ0) is 17.1. The maximum Gasteiger partial charge on any atom is 0.254 e. The van der Waals surface area contributed by atoms with Crippen LogP contribution in [0.4, 0.5) is 0 Å². The van der Waals surface area contributed by atoms with Crippen molar-refractivity contribution >= 4 is 5.91 Å². The van der Waals surface area contributed by atoms with Crippen LogP contribution in [0.3, 0.4) is 0 Å². The minimum Gasteiger partial charge on any atom is -0.486 e. The summed E-state index contributed by atoms with van der Waals surface area (Å²) in [6.45, 7) is 1.92. The molecule has 0 aliphatic carbocycles. The molecule has 1 spiro atoms. The quantitative estimate of drug-likeness (QED) is 0.859. The fraction of sp³-hybridized carbons (Fsp3) is 0.421. The zero-order valence-corrected chi connectivity index (χ0v) is 14.0. The molecule has 4 rings (SSSR count). The average Bonchev–Trinajstić information content (AvgIpc) is 3.04. The molecule has 0 unspecified atom stereocenters. The third-order valence-electron chi connectivity index (χ3n) is 4.87. The molecule has 0 aromatic carbocycles. The van der Waals surface area contributed by atoms with Gasteiger partial charge in [0.05, 0.1) is 24.9 Å². The molecule has 1 amide bonds. The smallest absolute Gasteiger partial charge is 0.254 e. The molecule has 25 heavy (non-hydrogen) atoms. The fourth-order valence-electron chi connectivity index (χ4n) is 3.72. The summed E-state index contributed by atoms with van der Waals surface area (Å²) in [7, 11) is 0. The van der Waals surface area contributed by atoms with Crippen molar-refractivity contribution < 1.29 is 14.3 Å². The van der Waals surface area contributed by atoms with Gasteiger partial charge in [-0.3, -0.25) is 14.8 Å². The number of ether oxygens (including phenoxy) is 2. The highest BCUT2D eigenvalue weighted by molar-refractivity contribution is 5.94. The summed E-state index contributed by atoms with van der Waals surface area (Å²) in [5, 5.41) is 0. The van der Waals surface area contributed by atoms with Gasteiger partial charge >= 0.3 is 0 Å². The van der Waals surface area contributed by atoms with Gasteiger partial charge in [-0.1, -0.05) is 0 Å². The molecular formula is C19H21N3O3. The van der Waals surface area contributed by atoms with Crippen LogP contribution in [0.25, 0.3) is 0 Å². The van der Waals surface area contributed by atoms with Crippen molar-refractivity contribution in [3.63, 3.8) is 0 Å². The SMILES string of the molecule is O=C(c1ccncc1)N1CCC[C@]2(C[C@@H](Oc3cccnc3)CO2)C1. The van der Waals surface area contributed by atoms with Crippen molar-refractivity contribution in [2.24, 2.45) is 0 Å². The van der Waals surface area contributed by atoms with Crippen LogP contribution in [-0.4, -0.2) is 52.2 Å². The van der Waals surface area contributed by atoms with Crippen LogP contribution in [0.2, 0.25) is 0 Å². The first-order chi connectivity index (χ1) is 12.2. The summed E-state index contributed by atoms with van der Waals surface area (Å²) < 4.78 is 12.1. The number of nitrogens with zero attached hydrogens (tertiary/aromatic N) is 3. The van der Waals surface area contributed by atoms with Gasteiger partial charge in [0, 0.05) is 37.1 Å². The third kappa shape index (κ3) is 3.49. The molecule has 6 nitrogen and oxygen atoms in total. The maximum atomic E-state index is 12.7. The van der Waals surface area contributed by atoms with Crippen LogP contribution >= 0.6 is 0 Å². The minimum atomic E-state index is -0.298. The van der Waals surface area contributed by atoms with E-state index in [2.05, 4.69) is 9.97 Å². The molecule has 0 N–H and O–H groups in total. The van der Waals surface area contributed by atoms with E-state index in [0.717, 1.165) is 31.6 Å². The lowest BCUT2D eigenvalue weighted by Gasteiger charge is -2.39. The molecule has 2 aromatic heterocycles. The van der Waals surface area contributed by atoms with Crippen LogP contribution in [0.5, 0.6) is 5.75 Å². The maximum absolute atomic E-state index is 12.7. The predicted octanol–water partition coefficient (Wildman–Crippen LogP) is 2.32. The van der Waals surface area contributed by atoms with Crippen molar-refractivity contribution in [1.29, 1.82) is 0 Å². The van der Waals surface area contributed by atoms with Gasteiger partial charge < -0.3 is 14.4 Å². The highest BCUT2D eigenvalue weighted by Crippen LogP contribution is 2.36. The summed E-state index contributed by atoms with van der Waals surface area (Å²) in [4.78, 5) is 22.7. The fourth-order valence-corrected chi connectivity index (χ4v) is 3.72. The Morgan fingerprint density at radius 1 is 1.24 bits per heavy atom. The van der Waals surface area contributed by atoms with Crippen molar-refractivity contribution in [1.82, 2.24) is 14.9 Å². The number of aromatic nitrogens is 2. The number of pyridine rings is 2. The molecule has 2 aromatic rings. The van der Waals surface area contributed by atoms with E-state index in [1.165, 1.54) is 0 Å². The van der Waals surface area contributed by atoms with Gasteiger partial charge in [0.1, 0.15) is 11.9 Å². The summed E-state index contributed by atoms with van der Waals surface area (Å²) in [6.07, 6.45) is 9.43. The first-order valence-corrected chi connectivity index (χ1v) is 8.64. The molecule has 0 bridgehead atoms. The first kappa shape index (κ1) is 16.0. The molecule has 130 valence electrons. The van der Waals surface area contributed by atoms with E-state index in [1.807, 2.05) is 17.0 Å². The van der Waals surface area contributed by atoms with Gasteiger partial charge in [-0.05, 0) is 37.1 Å². The Bertz CT molecular complexity index is 725. The lowest BCUT2D eigenvalue weighted by atomic mass is 9.89. The number of hydrogen-bond acceptors (Lipinski definition) is 5. The average molecular weight is 339 g/mol. The van der Waals surface area contributed by atoms with Gasteiger partial charge in [0.2, 0.25) is 0 Å². The second kappa shape index (κ2) is 6.80. The summed E-state index contributed by atoms with van der Waals surface area (Å²) >= 11 is 0. The molecule has 2 atom stereocenters. The number of carbonyl (C=O) groups is 1. The second-order valence-corrected chi connectivity index (χ2v) is 6.69. The first-order valence-electron chi connectivity index (χ1n) is 8.64. The lowest BCUT2D eigenvalue weighted by Crippen LogP contribution is -2.50. The number of hydrogen-bond donors (Lipinski definition) is 0. The molecule has 2 saturated heterocycles. The van der Waals surface area contributed by atoms with Gasteiger partial charge in [-0.15, -0.1) is 0 Å². The molecule has 0 saturated carbocycles. The van der Waals surface area contributed by atoms with Crippen LogP contribution in [-0.2, 0) is 4.74 Å². The Labute approximate surface area is 146 Å².